The van der Waals surface area contributed by atoms with Crippen LogP contribution in [0.2, 0.25) is 0 Å². The Bertz CT molecular complexity index is 629. The standard InChI is InChI=1S/C15H18N4O/c1-11-9-12(19(2)18-11)14(20)17-10-15(6-7-15)13-5-3-4-8-16-13/h3-5,8-9H,6-7,10H2,1-2H3,(H,17,20). The second-order valence-corrected chi connectivity index (χ2v) is 5.47. The van der Waals surface area contributed by atoms with Crippen LogP contribution in [0.25, 0.3) is 0 Å². The highest BCUT2D eigenvalue weighted by Gasteiger charge is 2.45. The lowest BCUT2D eigenvalue weighted by molar-refractivity contribution is 0.0940. The summed E-state index contributed by atoms with van der Waals surface area (Å²) in [5.74, 6) is -0.0738. The highest BCUT2D eigenvalue weighted by molar-refractivity contribution is 5.92. The largest absolute Gasteiger partial charge is 0.350 e. The van der Waals surface area contributed by atoms with Crippen LogP contribution < -0.4 is 5.32 Å². The van der Waals surface area contributed by atoms with Gasteiger partial charge in [0.15, 0.2) is 0 Å². The third-order valence-corrected chi connectivity index (χ3v) is 3.88. The summed E-state index contributed by atoms with van der Waals surface area (Å²) >= 11 is 0. The van der Waals surface area contributed by atoms with E-state index < -0.39 is 0 Å². The zero-order chi connectivity index (χ0) is 14.2. The van der Waals surface area contributed by atoms with Crippen LogP contribution in [0, 0.1) is 6.92 Å². The minimum absolute atomic E-state index is 0.0323. The van der Waals surface area contributed by atoms with Gasteiger partial charge in [-0.05, 0) is 38.0 Å². The van der Waals surface area contributed by atoms with Gasteiger partial charge >= 0.3 is 0 Å². The maximum absolute atomic E-state index is 12.2. The van der Waals surface area contributed by atoms with E-state index >= 15 is 0 Å². The molecule has 0 atom stereocenters. The first-order valence-corrected chi connectivity index (χ1v) is 6.81. The van der Waals surface area contributed by atoms with Gasteiger partial charge in [0.25, 0.3) is 5.91 Å². The summed E-state index contributed by atoms with van der Waals surface area (Å²) in [6.45, 7) is 2.51. The van der Waals surface area contributed by atoms with E-state index in [-0.39, 0.29) is 11.3 Å². The van der Waals surface area contributed by atoms with Gasteiger partial charge in [0.2, 0.25) is 0 Å². The Kier molecular flexibility index (Phi) is 3.04. The number of amides is 1. The molecule has 2 aromatic heterocycles. The SMILES string of the molecule is Cc1cc(C(=O)NCC2(c3ccccn3)CC2)n(C)n1. The van der Waals surface area contributed by atoms with Crippen LogP contribution >= 0.6 is 0 Å². The van der Waals surface area contributed by atoms with Gasteiger partial charge < -0.3 is 5.32 Å². The van der Waals surface area contributed by atoms with Crippen molar-refractivity contribution in [3.63, 3.8) is 0 Å². The van der Waals surface area contributed by atoms with E-state index in [9.17, 15) is 4.79 Å². The zero-order valence-electron chi connectivity index (χ0n) is 11.8. The molecule has 1 saturated carbocycles. The van der Waals surface area contributed by atoms with Crippen molar-refractivity contribution in [2.75, 3.05) is 6.54 Å². The predicted molar refractivity (Wildman–Crippen MR) is 75.4 cm³/mol. The molecule has 2 aromatic rings. The molecule has 2 heterocycles. The van der Waals surface area contributed by atoms with Crippen LogP contribution in [-0.4, -0.2) is 27.2 Å². The molecule has 1 N–H and O–H groups in total. The number of hydrogen-bond donors (Lipinski definition) is 1. The van der Waals surface area contributed by atoms with E-state index in [1.165, 1.54) is 0 Å². The van der Waals surface area contributed by atoms with Gasteiger partial charge in [0.1, 0.15) is 5.69 Å². The quantitative estimate of drug-likeness (QED) is 0.917. The number of nitrogens with one attached hydrogen (secondary N) is 1. The fourth-order valence-electron chi connectivity index (χ4n) is 2.51. The van der Waals surface area contributed by atoms with Crippen molar-refractivity contribution >= 4 is 5.91 Å². The molecule has 20 heavy (non-hydrogen) atoms. The van der Waals surface area contributed by atoms with Gasteiger partial charge in [-0.15, -0.1) is 0 Å². The molecule has 0 spiro atoms. The van der Waals surface area contributed by atoms with Crippen LogP contribution in [0.3, 0.4) is 0 Å². The second-order valence-electron chi connectivity index (χ2n) is 5.47. The maximum atomic E-state index is 12.2. The lowest BCUT2D eigenvalue weighted by Crippen LogP contribution is -2.33. The number of pyridine rings is 1. The lowest BCUT2D eigenvalue weighted by Gasteiger charge is -2.15. The van der Waals surface area contributed by atoms with E-state index in [1.54, 1.807) is 17.8 Å². The number of aryl methyl sites for hydroxylation is 2. The predicted octanol–water partition coefficient (Wildman–Crippen LogP) is 1.59. The Morgan fingerprint density at radius 3 is 2.80 bits per heavy atom. The van der Waals surface area contributed by atoms with Gasteiger partial charge in [0.05, 0.1) is 5.69 Å². The molecule has 0 aromatic carbocycles. The monoisotopic (exact) mass is 270 g/mol. The number of aromatic nitrogens is 3. The van der Waals surface area contributed by atoms with Crippen LogP contribution in [0.15, 0.2) is 30.5 Å². The molecular weight excluding hydrogens is 252 g/mol. The van der Waals surface area contributed by atoms with Gasteiger partial charge in [-0.2, -0.15) is 5.10 Å². The molecule has 0 saturated heterocycles. The van der Waals surface area contributed by atoms with Gasteiger partial charge in [-0.1, -0.05) is 6.07 Å². The molecule has 104 valence electrons. The molecule has 0 radical (unpaired) electrons. The van der Waals surface area contributed by atoms with Crippen LogP contribution in [0.5, 0.6) is 0 Å². The number of rotatable bonds is 4. The first-order valence-electron chi connectivity index (χ1n) is 6.81. The third-order valence-electron chi connectivity index (χ3n) is 3.88. The van der Waals surface area contributed by atoms with E-state index in [2.05, 4.69) is 15.4 Å². The maximum Gasteiger partial charge on any atom is 0.269 e. The first-order chi connectivity index (χ1) is 9.61. The summed E-state index contributed by atoms with van der Waals surface area (Å²) in [7, 11) is 1.79. The lowest BCUT2D eigenvalue weighted by atomic mass is 10.0. The van der Waals surface area contributed by atoms with Gasteiger partial charge in [-0.3, -0.25) is 14.5 Å². The van der Waals surface area contributed by atoms with Crippen molar-refractivity contribution < 1.29 is 4.79 Å². The third kappa shape index (κ3) is 2.31. The minimum atomic E-state index is -0.0738. The zero-order valence-corrected chi connectivity index (χ0v) is 11.8. The van der Waals surface area contributed by atoms with Crippen molar-refractivity contribution in [3.8, 4) is 0 Å². The van der Waals surface area contributed by atoms with Crippen LogP contribution in [-0.2, 0) is 12.5 Å². The first kappa shape index (κ1) is 12.8. The van der Waals surface area contributed by atoms with E-state index in [1.807, 2.05) is 31.3 Å². The van der Waals surface area contributed by atoms with E-state index in [0.717, 1.165) is 24.2 Å². The molecule has 1 fully saturated rings. The molecular formula is C15H18N4O. The molecule has 0 unspecified atom stereocenters. The fraction of sp³-hybridized carbons (Fsp3) is 0.400. The molecule has 3 rings (SSSR count). The van der Waals surface area contributed by atoms with Crippen molar-refractivity contribution in [1.29, 1.82) is 0 Å². The number of hydrogen-bond acceptors (Lipinski definition) is 3. The van der Waals surface area contributed by atoms with Crippen molar-refractivity contribution in [1.82, 2.24) is 20.1 Å². The summed E-state index contributed by atoms with van der Waals surface area (Å²) in [6.07, 6.45) is 3.96. The molecule has 5 nitrogen and oxygen atoms in total. The molecule has 1 aliphatic carbocycles. The average Bonchev–Trinajstić information content (AvgIpc) is 3.17. The van der Waals surface area contributed by atoms with E-state index in [0.29, 0.717) is 12.2 Å². The molecule has 0 aliphatic heterocycles. The molecule has 1 amide bonds. The van der Waals surface area contributed by atoms with Crippen LogP contribution in [0.4, 0.5) is 0 Å². The smallest absolute Gasteiger partial charge is 0.269 e. The van der Waals surface area contributed by atoms with Gasteiger partial charge in [-0.25, -0.2) is 0 Å². The fourth-order valence-corrected chi connectivity index (χ4v) is 2.51. The number of carbonyl (C=O) groups excluding carboxylic acids is 1. The highest BCUT2D eigenvalue weighted by atomic mass is 16.2. The van der Waals surface area contributed by atoms with Crippen molar-refractivity contribution in [2.24, 2.45) is 7.05 Å². The Morgan fingerprint density at radius 2 is 2.25 bits per heavy atom. The van der Waals surface area contributed by atoms with Crippen LogP contribution in [0.1, 0.15) is 34.7 Å². The van der Waals surface area contributed by atoms with Gasteiger partial charge in [0, 0.05) is 30.9 Å². The Labute approximate surface area is 118 Å². The Morgan fingerprint density at radius 1 is 1.45 bits per heavy atom. The summed E-state index contributed by atoms with van der Waals surface area (Å²) in [6, 6.07) is 7.74. The Balaban J connectivity index is 1.68. The summed E-state index contributed by atoms with van der Waals surface area (Å²) in [4.78, 5) is 16.6. The number of nitrogens with zero attached hydrogens (tertiary/aromatic N) is 3. The molecule has 0 bridgehead atoms. The average molecular weight is 270 g/mol. The summed E-state index contributed by atoms with van der Waals surface area (Å²) < 4.78 is 1.62. The second kappa shape index (κ2) is 4.74. The summed E-state index contributed by atoms with van der Waals surface area (Å²) in [5, 5.41) is 7.21. The highest BCUT2D eigenvalue weighted by Crippen LogP contribution is 2.46. The van der Waals surface area contributed by atoms with E-state index in [4.69, 9.17) is 0 Å². The minimum Gasteiger partial charge on any atom is -0.350 e. The molecule has 1 aliphatic rings. The topological polar surface area (TPSA) is 59.8 Å². The van der Waals surface area contributed by atoms with Crippen molar-refractivity contribution in [2.45, 2.75) is 25.2 Å². The Hall–Kier alpha value is -2.17. The normalized spacial score (nSPS) is 15.9. The summed E-state index contributed by atoms with van der Waals surface area (Å²) in [5.41, 5.74) is 2.55. The number of carbonyl (C=O) groups is 1. The van der Waals surface area contributed by atoms with Crippen molar-refractivity contribution in [3.05, 3.63) is 47.5 Å². The molecule has 5 heteroatoms.